The number of hydrogen-bond acceptors (Lipinski definition) is 3. The standard InChI is InChI=1S/C12H12N4O/c1-9-13-5-7-15(9)12-10(8-17)16-6-3-2-4-11(16)14-12/h2-7,17H,8H2,1H3. The van der Waals surface area contributed by atoms with Gasteiger partial charge in [-0.25, -0.2) is 9.97 Å². The van der Waals surface area contributed by atoms with E-state index in [1.807, 2.05) is 46.5 Å². The van der Waals surface area contributed by atoms with Crippen molar-refractivity contribution in [3.8, 4) is 5.82 Å². The first-order chi connectivity index (χ1) is 8.31. The minimum Gasteiger partial charge on any atom is -0.390 e. The van der Waals surface area contributed by atoms with E-state index in [0.29, 0.717) is 0 Å². The molecular weight excluding hydrogens is 216 g/mol. The molecule has 0 unspecified atom stereocenters. The van der Waals surface area contributed by atoms with E-state index < -0.39 is 0 Å². The van der Waals surface area contributed by atoms with Crippen molar-refractivity contribution >= 4 is 5.65 Å². The van der Waals surface area contributed by atoms with Gasteiger partial charge in [-0.3, -0.25) is 8.97 Å². The van der Waals surface area contributed by atoms with Gasteiger partial charge in [0.25, 0.3) is 0 Å². The van der Waals surface area contributed by atoms with Gasteiger partial charge in [0.15, 0.2) is 5.82 Å². The molecule has 5 heteroatoms. The zero-order valence-corrected chi connectivity index (χ0v) is 9.41. The normalized spacial score (nSPS) is 11.2. The molecule has 0 amide bonds. The summed E-state index contributed by atoms with van der Waals surface area (Å²) in [7, 11) is 0. The van der Waals surface area contributed by atoms with Crippen LogP contribution >= 0.6 is 0 Å². The van der Waals surface area contributed by atoms with Crippen LogP contribution in [-0.4, -0.2) is 24.0 Å². The van der Waals surface area contributed by atoms with Crippen LogP contribution < -0.4 is 0 Å². The molecule has 0 saturated carbocycles. The largest absolute Gasteiger partial charge is 0.390 e. The average molecular weight is 228 g/mol. The van der Waals surface area contributed by atoms with E-state index in [4.69, 9.17) is 0 Å². The Kier molecular flexibility index (Phi) is 2.19. The lowest BCUT2D eigenvalue weighted by Crippen LogP contribution is -2.01. The van der Waals surface area contributed by atoms with Gasteiger partial charge in [0.05, 0.1) is 12.3 Å². The number of pyridine rings is 1. The highest BCUT2D eigenvalue weighted by atomic mass is 16.3. The number of hydrogen-bond donors (Lipinski definition) is 1. The van der Waals surface area contributed by atoms with Gasteiger partial charge in [0, 0.05) is 18.6 Å². The van der Waals surface area contributed by atoms with Crippen molar-refractivity contribution in [2.24, 2.45) is 0 Å². The third kappa shape index (κ3) is 1.43. The molecule has 5 nitrogen and oxygen atoms in total. The van der Waals surface area contributed by atoms with Crippen molar-refractivity contribution in [2.75, 3.05) is 0 Å². The van der Waals surface area contributed by atoms with Gasteiger partial charge < -0.3 is 5.11 Å². The topological polar surface area (TPSA) is 55.4 Å². The molecule has 0 aromatic carbocycles. The molecule has 3 rings (SSSR count). The Hall–Kier alpha value is -2.14. The Labute approximate surface area is 98.0 Å². The van der Waals surface area contributed by atoms with Crippen molar-refractivity contribution in [3.05, 3.63) is 48.3 Å². The summed E-state index contributed by atoms with van der Waals surface area (Å²) in [6, 6.07) is 5.75. The third-order valence-electron chi connectivity index (χ3n) is 2.81. The highest BCUT2D eigenvalue weighted by molar-refractivity contribution is 5.48. The minimum atomic E-state index is -0.0574. The Bertz CT molecular complexity index is 668. The fraction of sp³-hybridized carbons (Fsp3) is 0.167. The van der Waals surface area contributed by atoms with E-state index in [1.54, 1.807) is 6.20 Å². The monoisotopic (exact) mass is 228 g/mol. The zero-order valence-electron chi connectivity index (χ0n) is 9.41. The summed E-state index contributed by atoms with van der Waals surface area (Å²) < 4.78 is 3.76. The predicted octanol–water partition coefficient (Wildman–Crippen LogP) is 1.32. The molecule has 0 aliphatic rings. The van der Waals surface area contributed by atoms with E-state index >= 15 is 0 Å². The summed E-state index contributed by atoms with van der Waals surface area (Å²) in [6.07, 6.45) is 5.46. The molecular formula is C12H12N4O. The van der Waals surface area contributed by atoms with E-state index in [0.717, 1.165) is 23.0 Å². The second kappa shape index (κ2) is 3.71. The summed E-state index contributed by atoms with van der Waals surface area (Å²) in [5, 5.41) is 9.50. The molecule has 0 spiro atoms. The number of rotatable bonds is 2. The van der Waals surface area contributed by atoms with Crippen molar-refractivity contribution in [3.63, 3.8) is 0 Å². The smallest absolute Gasteiger partial charge is 0.163 e. The van der Waals surface area contributed by atoms with Crippen LogP contribution in [0.25, 0.3) is 11.5 Å². The highest BCUT2D eigenvalue weighted by Gasteiger charge is 2.13. The maximum Gasteiger partial charge on any atom is 0.163 e. The molecule has 0 aliphatic heterocycles. The van der Waals surface area contributed by atoms with Crippen LogP contribution in [-0.2, 0) is 6.61 Å². The molecule has 3 aromatic rings. The number of nitrogens with zero attached hydrogens (tertiary/aromatic N) is 4. The van der Waals surface area contributed by atoms with Crippen LogP contribution in [0.3, 0.4) is 0 Å². The second-order valence-electron chi connectivity index (χ2n) is 3.81. The molecule has 0 atom stereocenters. The van der Waals surface area contributed by atoms with Crippen LogP contribution in [0.1, 0.15) is 11.5 Å². The molecule has 0 bridgehead atoms. The lowest BCUT2D eigenvalue weighted by atomic mass is 10.4. The lowest BCUT2D eigenvalue weighted by molar-refractivity contribution is 0.275. The van der Waals surface area contributed by atoms with Crippen LogP contribution in [0, 0.1) is 6.92 Å². The Balaban J connectivity index is 2.33. The van der Waals surface area contributed by atoms with Crippen molar-refractivity contribution in [2.45, 2.75) is 13.5 Å². The number of imidazole rings is 2. The highest BCUT2D eigenvalue weighted by Crippen LogP contribution is 2.17. The molecule has 0 radical (unpaired) electrons. The molecule has 0 saturated heterocycles. The van der Waals surface area contributed by atoms with E-state index in [1.165, 1.54) is 0 Å². The lowest BCUT2D eigenvalue weighted by Gasteiger charge is -2.03. The van der Waals surface area contributed by atoms with Crippen LogP contribution in [0.2, 0.25) is 0 Å². The number of aliphatic hydroxyl groups excluding tert-OH is 1. The summed E-state index contributed by atoms with van der Waals surface area (Å²) in [5.41, 5.74) is 1.58. The van der Waals surface area contributed by atoms with Crippen molar-refractivity contribution in [1.29, 1.82) is 0 Å². The van der Waals surface area contributed by atoms with Crippen LogP contribution in [0.4, 0.5) is 0 Å². The van der Waals surface area contributed by atoms with Gasteiger partial charge in [-0.05, 0) is 19.1 Å². The summed E-state index contributed by atoms with van der Waals surface area (Å²) >= 11 is 0. The third-order valence-corrected chi connectivity index (χ3v) is 2.81. The second-order valence-corrected chi connectivity index (χ2v) is 3.81. The molecule has 3 heterocycles. The Morgan fingerprint density at radius 1 is 1.29 bits per heavy atom. The fourth-order valence-electron chi connectivity index (χ4n) is 1.98. The van der Waals surface area contributed by atoms with E-state index in [2.05, 4.69) is 9.97 Å². The van der Waals surface area contributed by atoms with E-state index in [9.17, 15) is 5.11 Å². The van der Waals surface area contributed by atoms with Crippen LogP contribution in [0.15, 0.2) is 36.8 Å². The first-order valence-corrected chi connectivity index (χ1v) is 5.38. The molecule has 1 N–H and O–H groups in total. The Morgan fingerprint density at radius 2 is 2.18 bits per heavy atom. The SMILES string of the molecule is Cc1nccn1-c1nc2ccccn2c1CO. The number of fused-ring (bicyclic) bond motifs is 1. The first kappa shape index (κ1) is 10.0. The zero-order chi connectivity index (χ0) is 11.8. The minimum absolute atomic E-state index is 0.0574. The first-order valence-electron chi connectivity index (χ1n) is 5.38. The predicted molar refractivity (Wildman–Crippen MR) is 63.0 cm³/mol. The fourth-order valence-corrected chi connectivity index (χ4v) is 1.98. The van der Waals surface area contributed by atoms with Gasteiger partial charge in [-0.2, -0.15) is 0 Å². The summed E-state index contributed by atoms with van der Waals surface area (Å²) in [4.78, 5) is 8.68. The molecule has 86 valence electrons. The van der Waals surface area contributed by atoms with Gasteiger partial charge in [-0.15, -0.1) is 0 Å². The number of aromatic nitrogens is 4. The molecule has 3 aromatic heterocycles. The molecule has 17 heavy (non-hydrogen) atoms. The van der Waals surface area contributed by atoms with Crippen LogP contribution in [0.5, 0.6) is 0 Å². The van der Waals surface area contributed by atoms with Gasteiger partial charge in [0.1, 0.15) is 11.5 Å². The molecule has 0 aliphatic carbocycles. The van der Waals surface area contributed by atoms with E-state index in [-0.39, 0.29) is 6.61 Å². The average Bonchev–Trinajstić information content (AvgIpc) is 2.91. The maximum atomic E-state index is 9.50. The summed E-state index contributed by atoms with van der Waals surface area (Å²) in [6.45, 7) is 1.85. The quantitative estimate of drug-likeness (QED) is 0.719. The van der Waals surface area contributed by atoms with Crippen molar-refractivity contribution < 1.29 is 5.11 Å². The van der Waals surface area contributed by atoms with Crippen molar-refractivity contribution in [1.82, 2.24) is 18.9 Å². The molecule has 0 fully saturated rings. The van der Waals surface area contributed by atoms with Gasteiger partial charge in [0.2, 0.25) is 0 Å². The number of aliphatic hydroxyl groups is 1. The number of aryl methyl sites for hydroxylation is 1. The maximum absolute atomic E-state index is 9.50. The van der Waals surface area contributed by atoms with Gasteiger partial charge >= 0.3 is 0 Å². The Morgan fingerprint density at radius 3 is 2.88 bits per heavy atom. The summed E-state index contributed by atoms with van der Waals surface area (Å²) in [5.74, 6) is 1.58. The van der Waals surface area contributed by atoms with Gasteiger partial charge in [-0.1, -0.05) is 6.07 Å².